The van der Waals surface area contributed by atoms with Gasteiger partial charge in [-0.15, -0.1) is 11.8 Å². The molecule has 0 bridgehead atoms. The van der Waals surface area contributed by atoms with Crippen LogP contribution in [0.5, 0.6) is 0 Å². The van der Waals surface area contributed by atoms with E-state index in [1.54, 1.807) is 23.1 Å². The lowest BCUT2D eigenvalue weighted by atomic mass is 10.3. The van der Waals surface area contributed by atoms with Crippen LogP contribution in [0.1, 0.15) is 12.8 Å². The first kappa shape index (κ1) is 22.7. The molecule has 31 heavy (non-hydrogen) atoms. The number of fused-ring (bicyclic) bond motifs is 1. The van der Waals surface area contributed by atoms with Crippen molar-refractivity contribution in [1.29, 1.82) is 0 Å². The van der Waals surface area contributed by atoms with Crippen molar-refractivity contribution in [1.82, 2.24) is 9.88 Å². The van der Waals surface area contributed by atoms with Gasteiger partial charge in [0.15, 0.2) is 5.13 Å². The van der Waals surface area contributed by atoms with Gasteiger partial charge in [0.1, 0.15) is 0 Å². The number of hydrogen-bond donors (Lipinski definition) is 0. The average molecular weight is 521 g/mol. The molecule has 0 unspecified atom stereocenters. The van der Waals surface area contributed by atoms with E-state index in [-0.39, 0.29) is 5.91 Å². The van der Waals surface area contributed by atoms with Crippen LogP contribution in [0.4, 0.5) is 5.13 Å². The van der Waals surface area contributed by atoms with E-state index in [1.807, 2.05) is 35.2 Å². The monoisotopic (exact) mass is 519 g/mol. The Balaban J connectivity index is 1.42. The molecule has 1 fully saturated rings. The zero-order valence-corrected chi connectivity index (χ0v) is 20.6. The van der Waals surface area contributed by atoms with E-state index in [2.05, 4.69) is 39.0 Å². The molecule has 0 radical (unpaired) electrons. The van der Waals surface area contributed by atoms with Crippen molar-refractivity contribution >= 4 is 60.3 Å². The molecule has 4 rings (SSSR count). The molecule has 1 saturated heterocycles. The maximum absolute atomic E-state index is 13.2. The maximum atomic E-state index is 13.2. The smallest absolute Gasteiger partial charge is 0.229 e. The molecule has 0 saturated carbocycles. The number of carbonyl (C=O) groups is 1. The molecule has 0 aliphatic carbocycles. The van der Waals surface area contributed by atoms with Gasteiger partial charge in [-0.05, 0) is 36.8 Å². The van der Waals surface area contributed by atoms with E-state index in [4.69, 9.17) is 9.72 Å². The van der Waals surface area contributed by atoms with Crippen molar-refractivity contribution < 1.29 is 9.53 Å². The van der Waals surface area contributed by atoms with Crippen molar-refractivity contribution in [3.8, 4) is 0 Å². The van der Waals surface area contributed by atoms with Crippen LogP contribution < -0.4 is 4.90 Å². The summed E-state index contributed by atoms with van der Waals surface area (Å²) < 4.78 is 7.56. The molecule has 1 amide bonds. The molecule has 1 aromatic heterocycles. The highest BCUT2D eigenvalue weighted by atomic mass is 79.9. The molecule has 1 aliphatic heterocycles. The van der Waals surface area contributed by atoms with Gasteiger partial charge < -0.3 is 4.74 Å². The molecular formula is C23H26BrN3O2S2. The number of carbonyl (C=O) groups excluding carboxylic acids is 1. The molecule has 0 N–H and O–H groups in total. The van der Waals surface area contributed by atoms with Crippen LogP contribution in [0, 0.1) is 0 Å². The Hall–Kier alpha value is -1.45. The second kappa shape index (κ2) is 11.4. The Morgan fingerprint density at radius 1 is 1.19 bits per heavy atom. The lowest BCUT2D eigenvalue weighted by Crippen LogP contribution is -2.39. The molecule has 0 spiro atoms. The zero-order valence-electron chi connectivity index (χ0n) is 17.3. The van der Waals surface area contributed by atoms with E-state index in [1.165, 1.54) is 4.90 Å². The van der Waals surface area contributed by atoms with Crippen LogP contribution in [0.15, 0.2) is 57.9 Å². The predicted octanol–water partition coefficient (Wildman–Crippen LogP) is 5.30. The first-order valence-electron chi connectivity index (χ1n) is 10.5. The number of thiazole rings is 1. The minimum atomic E-state index is 0.142. The summed E-state index contributed by atoms with van der Waals surface area (Å²) in [7, 11) is 0. The number of amides is 1. The second-order valence-electron chi connectivity index (χ2n) is 7.37. The number of aromatic nitrogens is 1. The fourth-order valence-electron chi connectivity index (χ4n) is 3.51. The highest BCUT2D eigenvalue weighted by Crippen LogP contribution is 2.31. The highest BCUT2D eigenvalue weighted by Gasteiger charge is 2.20. The molecule has 2 aromatic carbocycles. The van der Waals surface area contributed by atoms with E-state index >= 15 is 0 Å². The van der Waals surface area contributed by atoms with E-state index < -0.39 is 0 Å². The number of nitrogens with zero attached hydrogens (tertiary/aromatic N) is 3. The quantitative estimate of drug-likeness (QED) is 0.359. The standard InChI is InChI=1S/C23H26BrN3O2S2/c24-18-7-8-20-21(17-18)31-23(25-20)27(11-4-10-26-12-14-29-15-13-26)22(28)9-16-30-19-5-2-1-3-6-19/h1-3,5-8,17H,4,9-16H2. The number of hydrogen-bond acceptors (Lipinski definition) is 6. The Bertz CT molecular complexity index is 993. The summed E-state index contributed by atoms with van der Waals surface area (Å²) in [4.78, 5) is 23.5. The number of anilines is 1. The second-order valence-corrected chi connectivity index (χ2v) is 10.5. The molecular weight excluding hydrogens is 494 g/mol. The molecule has 8 heteroatoms. The number of halogens is 1. The van der Waals surface area contributed by atoms with Gasteiger partial charge >= 0.3 is 0 Å². The molecule has 2 heterocycles. The largest absolute Gasteiger partial charge is 0.379 e. The third-order valence-electron chi connectivity index (χ3n) is 5.16. The van der Waals surface area contributed by atoms with Crippen LogP contribution in [0.3, 0.4) is 0 Å². The summed E-state index contributed by atoms with van der Waals surface area (Å²) >= 11 is 6.84. The molecule has 5 nitrogen and oxygen atoms in total. The summed E-state index contributed by atoms with van der Waals surface area (Å²) in [6, 6.07) is 16.3. The average Bonchev–Trinajstić information content (AvgIpc) is 3.20. The van der Waals surface area contributed by atoms with E-state index in [9.17, 15) is 4.79 Å². The molecule has 0 atom stereocenters. The zero-order chi connectivity index (χ0) is 21.5. The summed E-state index contributed by atoms with van der Waals surface area (Å²) in [6.07, 6.45) is 1.42. The third kappa shape index (κ3) is 6.52. The number of morpholine rings is 1. The summed E-state index contributed by atoms with van der Waals surface area (Å²) in [6.45, 7) is 5.20. The van der Waals surface area contributed by atoms with Gasteiger partial charge in [-0.1, -0.05) is 45.5 Å². The van der Waals surface area contributed by atoms with Crippen molar-refractivity contribution in [2.45, 2.75) is 17.7 Å². The van der Waals surface area contributed by atoms with Crippen LogP contribution in [0.25, 0.3) is 10.2 Å². The third-order valence-corrected chi connectivity index (χ3v) is 7.71. The SMILES string of the molecule is O=C(CCSc1ccccc1)N(CCCN1CCOCC1)c1nc2ccc(Br)cc2s1. The van der Waals surface area contributed by atoms with Gasteiger partial charge in [0.2, 0.25) is 5.91 Å². The maximum Gasteiger partial charge on any atom is 0.229 e. The number of thioether (sulfide) groups is 1. The Morgan fingerprint density at radius 2 is 2.00 bits per heavy atom. The molecule has 164 valence electrons. The van der Waals surface area contributed by atoms with E-state index in [0.717, 1.165) is 64.8 Å². The fourth-order valence-corrected chi connectivity index (χ4v) is 5.94. The number of rotatable bonds is 9. The predicted molar refractivity (Wildman–Crippen MR) is 133 cm³/mol. The summed E-state index contributed by atoms with van der Waals surface area (Å²) in [5, 5.41) is 0.796. The normalized spacial score (nSPS) is 14.7. The van der Waals surface area contributed by atoms with Gasteiger partial charge in [0.25, 0.3) is 0 Å². The summed E-state index contributed by atoms with van der Waals surface area (Å²) in [5.74, 6) is 0.905. The molecule has 1 aliphatic rings. The lowest BCUT2D eigenvalue weighted by molar-refractivity contribution is -0.118. The van der Waals surface area contributed by atoms with Gasteiger partial charge in [-0.25, -0.2) is 4.98 Å². The minimum absolute atomic E-state index is 0.142. The minimum Gasteiger partial charge on any atom is -0.379 e. The van der Waals surface area contributed by atoms with Crippen molar-refractivity contribution in [3.05, 3.63) is 53.0 Å². The Labute approximate surface area is 199 Å². The highest BCUT2D eigenvalue weighted by molar-refractivity contribution is 9.10. The van der Waals surface area contributed by atoms with Gasteiger partial charge in [-0.3, -0.25) is 14.6 Å². The Morgan fingerprint density at radius 3 is 2.81 bits per heavy atom. The van der Waals surface area contributed by atoms with Crippen LogP contribution in [-0.4, -0.2) is 60.9 Å². The lowest BCUT2D eigenvalue weighted by Gasteiger charge is -2.27. The first-order valence-corrected chi connectivity index (χ1v) is 13.1. The Kier molecular flexibility index (Phi) is 8.38. The van der Waals surface area contributed by atoms with E-state index in [0.29, 0.717) is 13.0 Å². The van der Waals surface area contributed by atoms with Gasteiger partial charge in [0, 0.05) is 47.7 Å². The van der Waals surface area contributed by atoms with Gasteiger partial charge in [-0.2, -0.15) is 0 Å². The van der Waals surface area contributed by atoms with Crippen LogP contribution in [-0.2, 0) is 9.53 Å². The topological polar surface area (TPSA) is 45.7 Å². The first-order chi connectivity index (χ1) is 15.2. The van der Waals surface area contributed by atoms with Crippen molar-refractivity contribution in [2.75, 3.05) is 50.0 Å². The molecule has 3 aromatic rings. The van der Waals surface area contributed by atoms with Gasteiger partial charge in [0.05, 0.1) is 23.4 Å². The fraction of sp³-hybridized carbons (Fsp3) is 0.391. The summed E-state index contributed by atoms with van der Waals surface area (Å²) in [5.41, 5.74) is 0.938. The number of benzene rings is 2. The van der Waals surface area contributed by atoms with Crippen LogP contribution >= 0.6 is 39.0 Å². The number of ether oxygens (including phenoxy) is 1. The van der Waals surface area contributed by atoms with Crippen molar-refractivity contribution in [3.63, 3.8) is 0 Å². The van der Waals surface area contributed by atoms with Crippen molar-refractivity contribution in [2.24, 2.45) is 0 Å². The van der Waals surface area contributed by atoms with Crippen LogP contribution in [0.2, 0.25) is 0 Å².